The number of imide groups is 1. The molecule has 1 aliphatic rings. The molecule has 1 heterocycles. The fraction of sp³-hybridized carbons (Fsp3) is 0.400. The summed E-state index contributed by atoms with van der Waals surface area (Å²) in [5, 5.41) is 3.15. The van der Waals surface area contributed by atoms with Crippen LogP contribution in [0.5, 0.6) is 0 Å². The first-order valence-corrected chi connectivity index (χ1v) is 2.41. The van der Waals surface area contributed by atoms with Gasteiger partial charge in [0.15, 0.2) is 0 Å². The minimum Gasteiger partial charge on any atom is -0.273 e. The smallest absolute Gasteiger partial charge is 0.252 e. The molecule has 0 aromatic heterocycles. The summed E-state index contributed by atoms with van der Waals surface area (Å²) in [6.07, 6.45) is 2.37. The van der Waals surface area contributed by atoms with Crippen molar-refractivity contribution in [1.29, 1.82) is 0 Å². The molecule has 3 heteroatoms. The van der Waals surface area contributed by atoms with Gasteiger partial charge in [-0.05, 0) is 6.42 Å². The SMILES string of the molecule is O=C1[CH]CCC(=O)[N]1. The van der Waals surface area contributed by atoms with Gasteiger partial charge in [-0.15, -0.1) is 0 Å². The highest BCUT2D eigenvalue weighted by Gasteiger charge is 2.16. The number of carbonyl (C=O) groups is 2. The lowest BCUT2D eigenvalue weighted by Gasteiger charge is -2.03. The number of nitrogens with zero attached hydrogens (tertiary/aromatic N) is 1. The first-order chi connectivity index (χ1) is 3.79. The molecule has 0 aliphatic carbocycles. The molecule has 1 fully saturated rings. The Morgan fingerprint density at radius 1 is 1.50 bits per heavy atom. The number of hydrogen-bond acceptors (Lipinski definition) is 2. The highest BCUT2D eigenvalue weighted by molar-refractivity contribution is 6.01. The zero-order chi connectivity index (χ0) is 5.98. The van der Waals surface area contributed by atoms with E-state index < -0.39 is 0 Å². The summed E-state index contributed by atoms with van der Waals surface area (Å²) in [7, 11) is 0. The summed E-state index contributed by atoms with van der Waals surface area (Å²) in [4.78, 5) is 20.5. The molecule has 0 N–H and O–H groups in total. The Kier molecular flexibility index (Phi) is 1.28. The minimum absolute atomic E-state index is 0.294. The van der Waals surface area contributed by atoms with Gasteiger partial charge in [-0.1, -0.05) is 0 Å². The van der Waals surface area contributed by atoms with E-state index in [1.807, 2.05) is 0 Å². The zero-order valence-electron chi connectivity index (χ0n) is 4.26. The largest absolute Gasteiger partial charge is 0.273 e. The molecule has 42 valence electrons. The number of carbonyl (C=O) groups excluding carboxylic acids is 2. The Bertz CT molecular complexity index is 116. The molecule has 2 amide bonds. The van der Waals surface area contributed by atoms with E-state index >= 15 is 0 Å². The van der Waals surface area contributed by atoms with Crippen LogP contribution in [0.25, 0.3) is 0 Å². The Morgan fingerprint density at radius 2 is 2.25 bits per heavy atom. The fourth-order valence-electron chi connectivity index (χ4n) is 0.544. The van der Waals surface area contributed by atoms with E-state index in [1.54, 1.807) is 0 Å². The molecule has 0 saturated carbocycles. The molecular weight excluding hydrogens is 106 g/mol. The van der Waals surface area contributed by atoms with E-state index in [2.05, 4.69) is 5.32 Å². The number of piperidine rings is 1. The summed E-state index contributed by atoms with van der Waals surface area (Å²) < 4.78 is 0. The maximum atomic E-state index is 10.3. The van der Waals surface area contributed by atoms with E-state index in [0.29, 0.717) is 12.8 Å². The maximum absolute atomic E-state index is 10.3. The van der Waals surface area contributed by atoms with Crippen molar-refractivity contribution >= 4 is 11.8 Å². The summed E-state index contributed by atoms with van der Waals surface area (Å²) >= 11 is 0. The van der Waals surface area contributed by atoms with Gasteiger partial charge in [0.2, 0.25) is 5.91 Å². The minimum atomic E-state index is -0.388. The van der Waals surface area contributed by atoms with Crippen molar-refractivity contribution in [1.82, 2.24) is 5.32 Å². The molecule has 3 nitrogen and oxygen atoms in total. The summed E-state index contributed by atoms with van der Waals surface area (Å²) in [6, 6.07) is 0. The topological polar surface area (TPSA) is 48.2 Å². The van der Waals surface area contributed by atoms with Crippen LogP contribution in [-0.2, 0) is 9.59 Å². The summed E-state index contributed by atoms with van der Waals surface area (Å²) in [6.45, 7) is 0. The van der Waals surface area contributed by atoms with E-state index in [0.717, 1.165) is 0 Å². The lowest BCUT2D eigenvalue weighted by Crippen LogP contribution is -2.27. The van der Waals surface area contributed by atoms with Crippen molar-refractivity contribution < 1.29 is 9.59 Å². The van der Waals surface area contributed by atoms with Crippen LogP contribution in [0.3, 0.4) is 0 Å². The molecule has 0 aromatic carbocycles. The van der Waals surface area contributed by atoms with Gasteiger partial charge in [0.1, 0.15) is 0 Å². The van der Waals surface area contributed by atoms with E-state index in [4.69, 9.17) is 0 Å². The molecule has 1 rings (SSSR count). The predicted octanol–water partition coefficient (Wildman–Crippen LogP) is -0.358. The zero-order valence-corrected chi connectivity index (χ0v) is 4.26. The van der Waals surface area contributed by atoms with Crippen molar-refractivity contribution in [2.75, 3.05) is 0 Å². The van der Waals surface area contributed by atoms with Gasteiger partial charge < -0.3 is 0 Å². The third kappa shape index (κ3) is 1.05. The van der Waals surface area contributed by atoms with Crippen molar-refractivity contribution in [3.63, 3.8) is 0 Å². The molecule has 0 atom stereocenters. The van der Waals surface area contributed by atoms with Crippen LogP contribution in [0, 0.1) is 6.42 Å². The lowest BCUT2D eigenvalue weighted by molar-refractivity contribution is -0.130. The third-order valence-electron chi connectivity index (χ3n) is 0.912. The van der Waals surface area contributed by atoms with E-state index in [-0.39, 0.29) is 11.8 Å². The van der Waals surface area contributed by atoms with Gasteiger partial charge in [0.05, 0.1) is 6.42 Å². The Labute approximate surface area is 47.1 Å². The van der Waals surface area contributed by atoms with Crippen LogP contribution < -0.4 is 5.32 Å². The van der Waals surface area contributed by atoms with Crippen molar-refractivity contribution in [3.05, 3.63) is 6.42 Å². The van der Waals surface area contributed by atoms with Crippen molar-refractivity contribution in [2.24, 2.45) is 0 Å². The van der Waals surface area contributed by atoms with Crippen LogP contribution in [0.2, 0.25) is 0 Å². The quantitative estimate of drug-likeness (QED) is 0.401. The number of hydrogen-bond donors (Lipinski definition) is 0. The maximum Gasteiger partial charge on any atom is 0.252 e. The van der Waals surface area contributed by atoms with Crippen LogP contribution in [0.1, 0.15) is 12.8 Å². The predicted molar refractivity (Wildman–Crippen MR) is 25.7 cm³/mol. The van der Waals surface area contributed by atoms with Crippen molar-refractivity contribution in [2.45, 2.75) is 12.8 Å². The highest BCUT2D eigenvalue weighted by Crippen LogP contribution is 2.00. The first-order valence-electron chi connectivity index (χ1n) is 2.41. The fourth-order valence-corrected chi connectivity index (χ4v) is 0.544. The highest BCUT2D eigenvalue weighted by atomic mass is 16.2. The van der Waals surface area contributed by atoms with Crippen LogP contribution >= 0.6 is 0 Å². The molecule has 8 heavy (non-hydrogen) atoms. The molecule has 1 aliphatic heterocycles. The molecule has 0 aromatic rings. The standard InChI is InChI=1S/C5H5NO2/c7-4-2-1-3-5(8)6-4/h2H,1,3H2. The Hall–Kier alpha value is -0.860. The van der Waals surface area contributed by atoms with Gasteiger partial charge >= 0.3 is 0 Å². The average Bonchev–Trinajstić information content (AvgIpc) is 1.64. The molecule has 2 radical (unpaired) electrons. The van der Waals surface area contributed by atoms with Crippen molar-refractivity contribution in [3.8, 4) is 0 Å². The summed E-state index contributed by atoms with van der Waals surface area (Å²) in [5.41, 5.74) is 0. The van der Waals surface area contributed by atoms with Crippen LogP contribution in [0.15, 0.2) is 0 Å². The number of rotatable bonds is 0. The molecule has 0 bridgehead atoms. The van der Waals surface area contributed by atoms with Gasteiger partial charge in [0.25, 0.3) is 5.91 Å². The van der Waals surface area contributed by atoms with Gasteiger partial charge in [0, 0.05) is 6.42 Å². The molecular formula is C5H5NO2. The van der Waals surface area contributed by atoms with Gasteiger partial charge in [-0.2, -0.15) is 5.32 Å². The van der Waals surface area contributed by atoms with Gasteiger partial charge in [-0.25, -0.2) is 0 Å². The lowest BCUT2D eigenvalue weighted by atomic mass is 10.1. The monoisotopic (exact) mass is 111 g/mol. The number of amides is 2. The van der Waals surface area contributed by atoms with Crippen LogP contribution in [-0.4, -0.2) is 11.8 Å². The van der Waals surface area contributed by atoms with Gasteiger partial charge in [-0.3, -0.25) is 9.59 Å². The normalized spacial score (nSPS) is 20.5. The molecule has 0 unspecified atom stereocenters. The second kappa shape index (κ2) is 1.94. The second-order valence-corrected chi connectivity index (χ2v) is 1.59. The van der Waals surface area contributed by atoms with E-state index in [1.165, 1.54) is 6.42 Å². The average molecular weight is 111 g/mol. The third-order valence-corrected chi connectivity index (χ3v) is 0.912. The molecule has 0 spiro atoms. The Morgan fingerprint density at radius 3 is 2.62 bits per heavy atom. The Balaban J connectivity index is 2.45. The van der Waals surface area contributed by atoms with E-state index in [9.17, 15) is 9.59 Å². The molecule has 1 saturated heterocycles. The van der Waals surface area contributed by atoms with Crippen LogP contribution in [0.4, 0.5) is 0 Å². The first kappa shape index (κ1) is 5.28. The second-order valence-electron chi connectivity index (χ2n) is 1.59. The summed E-state index contributed by atoms with van der Waals surface area (Å²) in [5.74, 6) is -0.682.